The zero-order valence-electron chi connectivity index (χ0n) is 15.6. The van der Waals surface area contributed by atoms with Crippen molar-refractivity contribution in [1.29, 1.82) is 0 Å². The number of carbonyl (C=O) groups is 1. The highest BCUT2D eigenvalue weighted by molar-refractivity contribution is 5.73. The number of nitrogens with one attached hydrogen (secondary N) is 2. The Morgan fingerprint density at radius 3 is 2.22 bits per heavy atom. The third kappa shape index (κ3) is 7.50. The van der Waals surface area contributed by atoms with Gasteiger partial charge in [0.15, 0.2) is 0 Å². The summed E-state index contributed by atoms with van der Waals surface area (Å²) in [6.45, 7) is 17.6. The zero-order valence-corrected chi connectivity index (χ0v) is 15.6. The van der Waals surface area contributed by atoms with Gasteiger partial charge in [-0.3, -0.25) is 0 Å². The van der Waals surface area contributed by atoms with Crippen LogP contribution in [0.15, 0.2) is 0 Å². The highest BCUT2D eigenvalue weighted by atomic mass is 16.3. The lowest BCUT2D eigenvalue weighted by atomic mass is 9.93. The number of carbonyl (C=O) groups excluding carboxylic acids is 1. The molecule has 0 aromatic carbocycles. The van der Waals surface area contributed by atoms with Gasteiger partial charge in [0.25, 0.3) is 0 Å². The van der Waals surface area contributed by atoms with Gasteiger partial charge in [-0.15, -0.1) is 0 Å². The quantitative estimate of drug-likeness (QED) is 0.621. The summed E-state index contributed by atoms with van der Waals surface area (Å²) in [6.07, 6.45) is 0. The number of hydrogen-bond acceptors (Lipinski definition) is 4. The third-order valence-corrected chi connectivity index (χ3v) is 4.94. The van der Waals surface area contributed by atoms with E-state index in [4.69, 9.17) is 0 Å². The van der Waals surface area contributed by atoms with E-state index >= 15 is 0 Å². The molecule has 3 N–H and O–H groups in total. The van der Waals surface area contributed by atoms with Crippen molar-refractivity contribution in [2.75, 3.05) is 52.4 Å². The second-order valence-corrected chi connectivity index (χ2v) is 7.42. The molecule has 6 nitrogen and oxygen atoms in total. The van der Waals surface area contributed by atoms with E-state index in [1.807, 2.05) is 13.8 Å². The van der Waals surface area contributed by atoms with Gasteiger partial charge in [-0.25, -0.2) is 4.79 Å². The fourth-order valence-corrected chi connectivity index (χ4v) is 2.59. The maximum Gasteiger partial charge on any atom is 0.314 e. The number of piperazine rings is 1. The van der Waals surface area contributed by atoms with Gasteiger partial charge in [-0.05, 0) is 25.3 Å². The van der Waals surface area contributed by atoms with Crippen LogP contribution in [-0.4, -0.2) is 78.9 Å². The van der Waals surface area contributed by atoms with Gasteiger partial charge >= 0.3 is 6.03 Å². The first-order valence-electron chi connectivity index (χ1n) is 8.93. The maximum absolute atomic E-state index is 11.8. The van der Waals surface area contributed by atoms with Crippen LogP contribution in [-0.2, 0) is 0 Å². The van der Waals surface area contributed by atoms with E-state index in [1.165, 1.54) is 0 Å². The number of hydrogen-bond donors (Lipinski definition) is 3. The van der Waals surface area contributed by atoms with Crippen LogP contribution >= 0.6 is 0 Å². The Labute approximate surface area is 141 Å². The van der Waals surface area contributed by atoms with E-state index in [0.29, 0.717) is 12.5 Å². The number of urea groups is 1. The van der Waals surface area contributed by atoms with Crippen LogP contribution in [0.5, 0.6) is 0 Å². The second kappa shape index (κ2) is 9.45. The van der Waals surface area contributed by atoms with Crippen LogP contribution in [0.4, 0.5) is 4.79 Å². The zero-order chi connectivity index (χ0) is 17.5. The minimum absolute atomic E-state index is 0.100. The van der Waals surface area contributed by atoms with Crippen molar-refractivity contribution in [2.45, 2.75) is 40.2 Å². The molecule has 2 atom stereocenters. The van der Waals surface area contributed by atoms with Crippen molar-refractivity contribution in [3.8, 4) is 0 Å². The van der Waals surface area contributed by atoms with Gasteiger partial charge in [-0.1, -0.05) is 27.7 Å². The number of likely N-dealkylation sites (N-methyl/N-ethyl adjacent to an activating group) is 1. The molecule has 1 heterocycles. The largest absolute Gasteiger partial charge is 0.388 e. The molecule has 0 bridgehead atoms. The monoisotopic (exact) mass is 328 g/mol. The molecule has 0 aromatic rings. The second-order valence-electron chi connectivity index (χ2n) is 7.42. The molecule has 1 rings (SSSR count). The number of nitrogens with zero attached hydrogens (tertiary/aromatic N) is 2. The molecule has 1 aliphatic heterocycles. The van der Waals surface area contributed by atoms with Crippen molar-refractivity contribution in [3.05, 3.63) is 0 Å². The van der Waals surface area contributed by atoms with Crippen LogP contribution in [0.1, 0.15) is 34.6 Å². The predicted octanol–water partition coefficient (Wildman–Crippen LogP) is 0.966. The predicted molar refractivity (Wildman–Crippen MR) is 94.6 cm³/mol. The fraction of sp³-hybridized carbons (Fsp3) is 0.941. The van der Waals surface area contributed by atoms with Crippen LogP contribution < -0.4 is 10.6 Å². The van der Waals surface area contributed by atoms with Gasteiger partial charge in [0.05, 0.1) is 5.60 Å². The summed E-state index contributed by atoms with van der Waals surface area (Å²) >= 11 is 0. The van der Waals surface area contributed by atoms with E-state index in [9.17, 15) is 9.90 Å². The van der Waals surface area contributed by atoms with Crippen molar-refractivity contribution in [1.82, 2.24) is 20.4 Å². The molecule has 1 saturated heterocycles. The van der Waals surface area contributed by atoms with Crippen molar-refractivity contribution < 1.29 is 9.90 Å². The molecule has 0 spiro atoms. The Hall–Kier alpha value is -0.850. The molecule has 136 valence electrons. The van der Waals surface area contributed by atoms with Crippen LogP contribution in [0.25, 0.3) is 0 Å². The Kier molecular flexibility index (Phi) is 8.29. The van der Waals surface area contributed by atoms with Gasteiger partial charge in [0.2, 0.25) is 0 Å². The Bertz CT molecular complexity index is 353. The van der Waals surface area contributed by atoms with Gasteiger partial charge in [0, 0.05) is 45.8 Å². The topological polar surface area (TPSA) is 67.8 Å². The third-order valence-electron chi connectivity index (χ3n) is 4.94. The smallest absolute Gasteiger partial charge is 0.314 e. The van der Waals surface area contributed by atoms with E-state index in [0.717, 1.165) is 39.3 Å². The first kappa shape index (κ1) is 20.2. The van der Waals surface area contributed by atoms with Gasteiger partial charge in [0.1, 0.15) is 0 Å². The highest BCUT2D eigenvalue weighted by Crippen LogP contribution is 2.14. The molecule has 1 aliphatic rings. The van der Waals surface area contributed by atoms with E-state index in [2.05, 4.69) is 34.3 Å². The van der Waals surface area contributed by atoms with Crippen LogP contribution in [0, 0.1) is 11.8 Å². The van der Waals surface area contributed by atoms with E-state index in [1.54, 1.807) is 6.92 Å². The van der Waals surface area contributed by atoms with Gasteiger partial charge < -0.3 is 25.5 Å². The Morgan fingerprint density at radius 2 is 1.70 bits per heavy atom. The van der Waals surface area contributed by atoms with Crippen molar-refractivity contribution >= 4 is 6.03 Å². The Balaban J connectivity index is 2.18. The summed E-state index contributed by atoms with van der Waals surface area (Å²) in [7, 11) is 0. The molecule has 0 radical (unpaired) electrons. The standard InChI is InChI=1S/C17H36N4O2/c1-6-20-7-9-21(10-8-20)12-15(4)11-18-16(22)19-13-17(5,23)14(2)3/h14-15,23H,6-13H2,1-5H3,(H2,18,19,22). The van der Waals surface area contributed by atoms with Crippen molar-refractivity contribution in [2.24, 2.45) is 11.8 Å². The summed E-state index contributed by atoms with van der Waals surface area (Å²) in [4.78, 5) is 16.8. The molecule has 2 amide bonds. The molecule has 2 unspecified atom stereocenters. The molecule has 23 heavy (non-hydrogen) atoms. The fourth-order valence-electron chi connectivity index (χ4n) is 2.59. The normalized spacial score (nSPS) is 21.0. The average Bonchev–Trinajstić information content (AvgIpc) is 2.51. The van der Waals surface area contributed by atoms with Crippen LogP contribution in [0.3, 0.4) is 0 Å². The lowest BCUT2D eigenvalue weighted by Gasteiger charge is -2.35. The summed E-state index contributed by atoms with van der Waals surface area (Å²) in [5, 5.41) is 15.8. The molecular formula is C17H36N4O2. The number of amides is 2. The lowest BCUT2D eigenvalue weighted by molar-refractivity contribution is 0.0166. The summed E-state index contributed by atoms with van der Waals surface area (Å²) in [5.41, 5.74) is -0.873. The number of rotatable bonds is 8. The molecular weight excluding hydrogens is 292 g/mol. The first-order valence-corrected chi connectivity index (χ1v) is 8.93. The van der Waals surface area contributed by atoms with Crippen LogP contribution in [0.2, 0.25) is 0 Å². The highest BCUT2D eigenvalue weighted by Gasteiger charge is 2.25. The molecule has 1 fully saturated rings. The first-order chi connectivity index (χ1) is 10.7. The lowest BCUT2D eigenvalue weighted by Crippen LogP contribution is -2.50. The van der Waals surface area contributed by atoms with E-state index < -0.39 is 5.60 Å². The Morgan fingerprint density at radius 1 is 1.13 bits per heavy atom. The van der Waals surface area contributed by atoms with Crippen molar-refractivity contribution in [3.63, 3.8) is 0 Å². The minimum Gasteiger partial charge on any atom is -0.388 e. The molecule has 0 aromatic heterocycles. The number of aliphatic hydroxyl groups is 1. The summed E-state index contributed by atoms with van der Waals surface area (Å²) < 4.78 is 0. The SMILES string of the molecule is CCN1CCN(CC(C)CNC(=O)NCC(C)(O)C(C)C)CC1. The van der Waals surface area contributed by atoms with Gasteiger partial charge in [-0.2, -0.15) is 0 Å². The molecule has 6 heteroatoms. The molecule has 0 saturated carbocycles. The summed E-state index contributed by atoms with van der Waals surface area (Å²) in [5.74, 6) is 0.517. The summed E-state index contributed by atoms with van der Waals surface area (Å²) in [6, 6.07) is -0.200. The van der Waals surface area contributed by atoms with E-state index in [-0.39, 0.29) is 18.5 Å². The molecule has 0 aliphatic carbocycles. The average molecular weight is 329 g/mol. The minimum atomic E-state index is -0.873. The maximum atomic E-state index is 11.8.